The quantitative estimate of drug-likeness (QED) is 0.673. The fourth-order valence-electron chi connectivity index (χ4n) is 4.02. The SMILES string of the molecule is N#Cc1ccc([C@H]2[C@@H]3c4ccccc4[C@@H]3ON2c2ccccc2)cc1. The van der Waals surface area contributed by atoms with Crippen molar-refractivity contribution < 1.29 is 4.84 Å². The fourth-order valence-corrected chi connectivity index (χ4v) is 4.02. The molecular formula is C22H16N2O. The Kier molecular flexibility index (Phi) is 3.12. The van der Waals surface area contributed by atoms with E-state index in [-0.39, 0.29) is 12.1 Å². The van der Waals surface area contributed by atoms with E-state index in [2.05, 4.69) is 42.5 Å². The smallest absolute Gasteiger partial charge is 0.120 e. The van der Waals surface area contributed by atoms with Crippen LogP contribution in [0.2, 0.25) is 0 Å². The molecule has 120 valence electrons. The molecule has 1 fully saturated rings. The Labute approximate surface area is 146 Å². The first-order valence-electron chi connectivity index (χ1n) is 8.47. The number of nitrogens with zero attached hydrogens (tertiary/aromatic N) is 2. The molecule has 0 aromatic heterocycles. The molecule has 5 rings (SSSR count). The Morgan fingerprint density at radius 2 is 1.48 bits per heavy atom. The molecule has 1 aliphatic heterocycles. The van der Waals surface area contributed by atoms with Crippen LogP contribution in [0.1, 0.15) is 40.3 Å². The van der Waals surface area contributed by atoms with E-state index in [9.17, 15) is 0 Å². The predicted octanol–water partition coefficient (Wildman–Crippen LogP) is 4.89. The lowest BCUT2D eigenvalue weighted by Crippen LogP contribution is -2.25. The molecule has 1 aliphatic carbocycles. The van der Waals surface area contributed by atoms with Crippen LogP contribution >= 0.6 is 0 Å². The minimum atomic E-state index is 0.0945. The van der Waals surface area contributed by atoms with Gasteiger partial charge in [0.25, 0.3) is 0 Å². The Morgan fingerprint density at radius 1 is 0.800 bits per heavy atom. The molecule has 2 aliphatic rings. The minimum Gasteiger partial charge on any atom is -0.264 e. The number of anilines is 1. The molecule has 1 heterocycles. The van der Waals surface area contributed by atoms with Crippen LogP contribution < -0.4 is 5.06 Å². The Hall–Kier alpha value is -3.09. The van der Waals surface area contributed by atoms with Gasteiger partial charge in [-0.05, 0) is 41.0 Å². The van der Waals surface area contributed by atoms with Crippen molar-refractivity contribution in [3.63, 3.8) is 0 Å². The molecule has 0 spiro atoms. The third-order valence-electron chi connectivity index (χ3n) is 5.20. The summed E-state index contributed by atoms with van der Waals surface area (Å²) in [7, 11) is 0. The van der Waals surface area contributed by atoms with Crippen LogP contribution in [0.4, 0.5) is 5.69 Å². The molecule has 0 radical (unpaired) electrons. The van der Waals surface area contributed by atoms with Gasteiger partial charge in [-0.25, -0.2) is 5.06 Å². The number of benzene rings is 3. The molecule has 1 saturated heterocycles. The summed E-state index contributed by atoms with van der Waals surface area (Å²) in [6.45, 7) is 0. The zero-order valence-corrected chi connectivity index (χ0v) is 13.5. The van der Waals surface area contributed by atoms with Gasteiger partial charge in [0.15, 0.2) is 0 Å². The van der Waals surface area contributed by atoms with Gasteiger partial charge in [0, 0.05) is 5.92 Å². The maximum atomic E-state index is 9.07. The molecule has 0 unspecified atom stereocenters. The van der Waals surface area contributed by atoms with Crippen LogP contribution in [0, 0.1) is 11.3 Å². The van der Waals surface area contributed by atoms with Crippen LogP contribution in [0.3, 0.4) is 0 Å². The number of fused-ring (bicyclic) bond motifs is 4. The first-order chi connectivity index (χ1) is 12.4. The Bertz CT molecular complexity index is 959. The molecule has 0 bridgehead atoms. The highest BCUT2D eigenvalue weighted by Gasteiger charge is 2.53. The van der Waals surface area contributed by atoms with E-state index in [0.29, 0.717) is 11.5 Å². The summed E-state index contributed by atoms with van der Waals surface area (Å²) >= 11 is 0. The van der Waals surface area contributed by atoms with E-state index in [1.807, 2.05) is 47.5 Å². The second-order valence-corrected chi connectivity index (χ2v) is 6.52. The van der Waals surface area contributed by atoms with Crippen molar-refractivity contribution in [3.8, 4) is 6.07 Å². The summed E-state index contributed by atoms with van der Waals surface area (Å²) in [6, 6.07) is 28.9. The van der Waals surface area contributed by atoms with Crippen LogP contribution in [-0.2, 0) is 4.84 Å². The van der Waals surface area contributed by atoms with Gasteiger partial charge in [-0.3, -0.25) is 4.84 Å². The number of para-hydroxylation sites is 1. The van der Waals surface area contributed by atoms with Gasteiger partial charge in [0.2, 0.25) is 0 Å². The lowest BCUT2D eigenvalue weighted by Gasteiger charge is -2.34. The minimum absolute atomic E-state index is 0.0945. The summed E-state index contributed by atoms with van der Waals surface area (Å²) < 4.78 is 0. The van der Waals surface area contributed by atoms with E-state index >= 15 is 0 Å². The highest BCUT2D eigenvalue weighted by Crippen LogP contribution is 2.61. The van der Waals surface area contributed by atoms with Crippen molar-refractivity contribution in [2.45, 2.75) is 18.1 Å². The number of hydrogen-bond acceptors (Lipinski definition) is 3. The Balaban J connectivity index is 1.61. The third kappa shape index (κ3) is 2.08. The number of rotatable bonds is 2. The summed E-state index contributed by atoms with van der Waals surface area (Å²) in [5.74, 6) is 0.310. The topological polar surface area (TPSA) is 36.3 Å². The van der Waals surface area contributed by atoms with Crippen LogP contribution in [-0.4, -0.2) is 0 Å². The van der Waals surface area contributed by atoms with E-state index in [1.165, 1.54) is 16.7 Å². The van der Waals surface area contributed by atoms with E-state index in [4.69, 9.17) is 10.1 Å². The van der Waals surface area contributed by atoms with Crippen molar-refractivity contribution in [1.29, 1.82) is 5.26 Å². The van der Waals surface area contributed by atoms with E-state index in [0.717, 1.165) is 5.69 Å². The molecule has 3 aromatic rings. The van der Waals surface area contributed by atoms with Crippen LogP contribution in [0.5, 0.6) is 0 Å². The molecule has 25 heavy (non-hydrogen) atoms. The zero-order chi connectivity index (χ0) is 16.8. The molecular weight excluding hydrogens is 308 g/mol. The van der Waals surface area contributed by atoms with Crippen LogP contribution in [0.15, 0.2) is 78.9 Å². The lowest BCUT2D eigenvalue weighted by molar-refractivity contribution is 0.0657. The van der Waals surface area contributed by atoms with Gasteiger partial charge in [-0.1, -0.05) is 54.6 Å². The number of nitriles is 1. The largest absolute Gasteiger partial charge is 0.264 e. The summed E-state index contributed by atoms with van der Waals surface area (Å²) in [5.41, 5.74) is 5.55. The highest BCUT2D eigenvalue weighted by molar-refractivity contribution is 5.55. The summed E-state index contributed by atoms with van der Waals surface area (Å²) in [5, 5.41) is 11.1. The van der Waals surface area contributed by atoms with Crippen LogP contribution in [0.25, 0.3) is 0 Å². The summed E-state index contributed by atoms with van der Waals surface area (Å²) in [4.78, 5) is 6.36. The normalized spacial score (nSPS) is 23.3. The van der Waals surface area contributed by atoms with Gasteiger partial charge < -0.3 is 0 Å². The molecule has 3 atom stereocenters. The second kappa shape index (κ2) is 5.47. The maximum Gasteiger partial charge on any atom is 0.120 e. The Morgan fingerprint density at radius 3 is 2.20 bits per heavy atom. The number of hydroxylamine groups is 1. The molecule has 0 saturated carbocycles. The molecule has 0 N–H and O–H groups in total. The fraction of sp³-hybridized carbons (Fsp3) is 0.136. The van der Waals surface area contributed by atoms with Crippen molar-refractivity contribution in [3.05, 3.63) is 101 Å². The molecule has 3 heteroatoms. The molecule has 0 amide bonds. The maximum absolute atomic E-state index is 9.07. The average Bonchev–Trinajstić information content (AvgIpc) is 3.02. The van der Waals surface area contributed by atoms with E-state index in [1.54, 1.807) is 0 Å². The van der Waals surface area contributed by atoms with E-state index < -0.39 is 0 Å². The average molecular weight is 324 g/mol. The predicted molar refractivity (Wildman–Crippen MR) is 95.8 cm³/mol. The monoisotopic (exact) mass is 324 g/mol. The molecule has 3 nitrogen and oxygen atoms in total. The molecule has 3 aromatic carbocycles. The van der Waals surface area contributed by atoms with Gasteiger partial charge in [-0.15, -0.1) is 0 Å². The van der Waals surface area contributed by atoms with Gasteiger partial charge in [0.1, 0.15) is 6.10 Å². The van der Waals surface area contributed by atoms with Crippen molar-refractivity contribution in [2.75, 3.05) is 5.06 Å². The van der Waals surface area contributed by atoms with Gasteiger partial charge >= 0.3 is 0 Å². The zero-order valence-electron chi connectivity index (χ0n) is 13.5. The van der Waals surface area contributed by atoms with Crippen molar-refractivity contribution in [2.24, 2.45) is 0 Å². The highest BCUT2D eigenvalue weighted by atomic mass is 16.7. The third-order valence-corrected chi connectivity index (χ3v) is 5.20. The van der Waals surface area contributed by atoms with Gasteiger partial charge in [0.05, 0.1) is 23.4 Å². The summed E-state index contributed by atoms with van der Waals surface area (Å²) in [6.07, 6.45) is 0.0945. The standard InChI is InChI=1S/C22H16N2O/c23-14-15-10-12-16(13-11-15)21-20-18-8-4-5-9-19(18)22(20)25-24(21)17-6-2-1-3-7-17/h1-13,20-22H/t20-,21-,22-/m0/s1. The number of hydrogen-bond donors (Lipinski definition) is 0. The first kappa shape index (κ1) is 14.3. The van der Waals surface area contributed by atoms with Gasteiger partial charge in [-0.2, -0.15) is 5.26 Å². The lowest BCUT2D eigenvalue weighted by atomic mass is 9.70. The van der Waals surface area contributed by atoms with Crippen molar-refractivity contribution in [1.82, 2.24) is 0 Å². The van der Waals surface area contributed by atoms with Crippen molar-refractivity contribution >= 4 is 5.69 Å². The second-order valence-electron chi connectivity index (χ2n) is 6.52. The first-order valence-corrected chi connectivity index (χ1v) is 8.47.